The van der Waals surface area contributed by atoms with Gasteiger partial charge in [0.25, 0.3) is 0 Å². The van der Waals surface area contributed by atoms with Crippen LogP contribution in [0, 0.1) is 18.3 Å². The number of aryl methyl sites for hydroxylation is 3. The van der Waals surface area contributed by atoms with Crippen LogP contribution >= 0.6 is 0 Å². The summed E-state index contributed by atoms with van der Waals surface area (Å²) in [6, 6.07) is 4.22. The normalized spacial score (nSPS) is 13.1. The highest BCUT2D eigenvalue weighted by Gasteiger charge is 2.16. The first-order valence-corrected chi connectivity index (χ1v) is 6.83. The molecule has 2 aromatic heterocycles. The third kappa shape index (κ3) is 2.14. The molecule has 3 rings (SSSR count). The van der Waals surface area contributed by atoms with Crippen molar-refractivity contribution in [2.24, 2.45) is 7.05 Å². The van der Waals surface area contributed by atoms with Crippen LogP contribution in [0.4, 0.5) is 5.82 Å². The molecule has 0 fully saturated rings. The van der Waals surface area contributed by atoms with Gasteiger partial charge in [0.2, 0.25) is 0 Å². The number of fused-ring (bicyclic) bond motifs is 1. The number of aromatic nitrogens is 3. The molecule has 2 aromatic rings. The molecule has 0 saturated carbocycles. The van der Waals surface area contributed by atoms with E-state index in [0.717, 1.165) is 36.2 Å². The molecule has 0 saturated heterocycles. The SMILES string of the molecule is Cc1c(CNc2nc3c(cc2C#N)CCC3)cnn1C. The average molecular weight is 267 g/mol. The van der Waals surface area contributed by atoms with E-state index < -0.39 is 0 Å². The number of anilines is 1. The molecule has 1 aliphatic rings. The molecule has 1 aliphatic carbocycles. The number of hydrogen-bond donors (Lipinski definition) is 1. The van der Waals surface area contributed by atoms with Crippen molar-refractivity contribution < 1.29 is 0 Å². The summed E-state index contributed by atoms with van der Waals surface area (Å²) in [5, 5.41) is 16.8. The molecule has 1 N–H and O–H groups in total. The Labute approximate surface area is 118 Å². The Balaban J connectivity index is 1.84. The van der Waals surface area contributed by atoms with Crippen molar-refractivity contribution in [3.8, 4) is 6.07 Å². The number of nitrogens with zero attached hydrogens (tertiary/aromatic N) is 4. The highest BCUT2D eigenvalue weighted by molar-refractivity contribution is 5.55. The van der Waals surface area contributed by atoms with Crippen LogP contribution in [0.2, 0.25) is 0 Å². The Hall–Kier alpha value is -2.35. The highest BCUT2D eigenvalue weighted by atomic mass is 15.3. The predicted molar refractivity (Wildman–Crippen MR) is 76.2 cm³/mol. The summed E-state index contributed by atoms with van der Waals surface area (Å²) in [6.07, 6.45) is 5.04. The Morgan fingerprint density at radius 1 is 1.45 bits per heavy atom. The molecule has 0 radical (unpaired) electrons. The molecular formula is C15H17N5. The van der Waals surface area contributed by atoms with Gasteiger partial charge in [-0.15, -0.1) is 0 Å². The summed E-state index contributed by atoms with van der Waals surface area (Å²) in [5.74, 6) is 0.691. The van der Waals surface area contributed by atoms with Gasteiger partial charge in [-0.05, 0) is 37.8 Å². The van der Waals surface area contributed by atoms with Crippen molar-refractivity contribution in [1.29, 1.82) is 5.26 Å². The number of nitrogens with one attached hydrogen (secondary N) is 1. The maximum absolute atomic E-state index is 9.26. The first-order chi connectivity index (χ1) is 9.69. The van der Waals surface area contributed by atoms with Gasteiger partial charge in [0, 0.05) is 30.5 Å². The molecule has 5 nitrogen and oxygen atoms in total. The second-order valence-corrected chi connectivity index (χ2v) is 5.19. The zero-order valence-corrected chi connectivity index (χ0v) is 11.8. The maximum atomic E-state index is 9.26. The minimum atomic E-state index is 0.632. The zero-order valence-electron chi connectivity index (χ0n) is 11.8. The lowest BCUT2D eigenvalue weighted by Crippen LogP contribution is -2.06. The second-order valence-electron chi connectivity index (χ2n) is 5.19. The lowest BCUT2D eigenvalue weighted by atomic mass is 10.1. The third-order valence-electron chi connectivity index (χ3n) is 3.95. The van der Waals surface area contributed by atoms with Crippen LogP contribution in [0.5, 0.6) is 0 Å². The summed E-state index contributed by atoms with van der Waals surface area (Å²) in [5.41, 5.74) is 5.24. The monoisotopic (exact) mass is 267 g/mol. The summed E-state index contributed by atoms with van der Waals surface area (Å²) >= 11 is 0. The summed E-state index contributed by atoms with van der Waals surface area (Å²) in [7, 11) is 1.92. The van der Waals surface area contributed by atoms with Crippen molar-refractivity contribution in [3.63, 3.8) is 0 Å². The minimum absolute atomic E-state index is 0.632. The first-order valence-electron chi connectivity index (χ1n) is 6.83. The van der Waals surface area contributed by atoms with Crippen LogP contribution in [0.3, 0.4) is 0 Å². The number of rotatable bonds is 3. The van der Waals surface area contributed by atoms with Crippen molar-refractivity contribution in [1.82, 2.24) is 14.8 Å². The quantitative estimate of drug-likeness (QED) is 0.924. The maximum Gasteiger partial charge on any atom is 0.144 e. The van der Waals surface area contributed by atoms with E-state index in [2.05, 4.69) is 21.5 Å². The fourth-order valence-electron chi connectivity index (χ4n) is 2.59. The van der Waals surface area contributed by atoms with E-state index in [1.165, 1.54) is 5.56 Å². The van der Waals surface area contributed by atoms with Crippen LogP contribution in [0.1, 0.15) is 34.5 Å². The van der Waals surface area contributed by atoms with Crippen LogP contribution in [0.25, 0.3) is 0 Å². The topological polar surface area (TPSA) is 66.5 Å². The molecule has 20 heavy (non-hydrogen) atoms. The van der Waals surface area contributed by atoms with Crippen LogP contribution in [-0.4, -0.2) is 14.8 Å². The fraction of sp³-hybridized carbons (Fsp3) is 0.400. The van der Waals surface area contributed by atoms with Gasteiger partial charge in [0.1, 0.15) is 11.9 Å². The van der Waals surface area contributed by atoms with E-state index in [9.17, 15) is 5.26 Å². The number of hydrogen-bond acceptors (Lipinski definition) is 4. The van der Waals surface area contributed by atoms with Crippen molar-refractivity contribution >= 4 is 5.82 Å². The van der Waals surface area contributed by atoms with Crippen LogP contribution in [0.15, 0.2) is 12.3 Å². The van der Waals surface area contributed by atoms with Crippen molar-refractivity contribution in [3.05, 3.63) is 40.3 Å². The lowest BCUT2D eigenvalue weighted by molar-refractivity contribution is 0.738. The minimum Gasteiger partial charge on any atom is -0.365 e. The second kappa shape index (κ2) is 4.97. The van der Waals surface area contributed by atoms with Gasteiger partial charge < -0.3 is 5.32 Å². The van der Waals surface area contributed by atoms with Gasteiger partial charge in [-0.3, -0.25) is 4.68 Å². The molecule has 102 valence electrons. The molecule has 0 spiro atoms. The first kappa shape index (κ1) is 12.7. The molecule has 0 bridgehead atoms. The van der Waals surface area contributed by atoms with Gasteiger partial charge >= 0.3 is 0 Å². The van der Waals surface area contributed by atoms with Gasteiger partial charge in [-0.1, -0.05) is 0 Å². The summed E-state index contributed by atoms with van der Waals surface area (Å²) in [6.45, 7) is 2.67. The summed E-state index contributed by atoms with van der Waals surface area (Å²) < 4.78 is 1.85. The van der Waals surface area contributed by atoms with E-state index in [0.29, 0.717) is 17.9 Å². The van der Waals surface area contributed by atoms with Crippen LogP contribution in [-0.2, 0) is 26.4 Å². The van der Waals surface area contributed by atoms with E-state index in [1.54, 1.807) is 0 Å². The Morgan fingerprint density at radius 3 is 3.00 bits per heavy atom. The molecular weight excluding hydrogens is 250 g/mol. The van der Waals surface area contributed by atoms with Crippen molar-refractivity contribution in [2.45, 2.75) is 32.7 Å². The lowest BCUT2D eigenvalue weighted by Gasteiger charge is -2.09. The molecule has 5 heteroatoms. The van der Waals surface area contributed by atoms with Gasteiger partial charge in [-0.25, -0.2) is 4.98 Å². The standard InChI is InChI=1S/C15H17N5/c1-10-13(9-18-20(10)2)8-17-15-12(7-16)6-11-4-3-5-14(11)19-15/h6,9H,3-5,8H2,1-2H3,(H,17,19). The van der Waals surface area contributed by atoms with E-state index in [-0.39, 0.29) is 0 Å². The Morgan fingerprint density at radius 2 is 2.30 bits per heavy atom. The number of nitriles is 1. The smallest absolute Gasteiger partial charge is 0.144 e. The molecule has 2 heterocycles. The predicted octanol–water partition coefficient (Wildman–Crippen LogP) is 2.10. The van der Waals surface area contributed by atoms with Crippen LogP contribution < -0.4 is 5.32 Å². The molecule has 0 unspecified atom stereocenters. The molecule has 0 amide bonds. The van der Waals surface area contributed by atoms with Crippen molar-refractivity contribution in [2.75, 3.05) is 5.32 Å². The van der Waals surface area contributed by atoms with E-state index in [4.69, 9.17) is 0 Å². The zero-order chi connectivity index (χ0) is 14.1. The Kier molecular flexibility index (Phi) is 3.15. The molecule has 0 atom stereocenters. The van der Waals surface area contributed by atoms with E-state index >= 15 is 0 Å². The largest absolute Gasteiger partial charge is 0.365 e. The fourth-order valence-corrected chi connectivity index (χ4v) is 2.59. The molecule has 0 aliphatic heterocycles. The van der Waals surface area contributed by atoms with Gasteiger partial charge in [0.15, 0.2) is 0 Å². The average Bonchev–Trinajstić information content (AvgIpc) is 3.03. The van der Waals surface area contributed by atoms with E-state index in [1.807, 2.05) is 30.9 Å². The third-order valence-corrected chi connectivity index (χ3v) is 3.95. The highest BCUT2D eigenvalue weighted by Crippen LogP contribution is 2.25. The number of pyridine rings is 1. The van der Waals surface area contributed by atoms with Gasteiger partial charge in [0.05, 0.1) is 11.8 Å². The van der Waals surface area contributed by atoms with Gasteiger partial charge in [-0.2, -0.15) is 10.4 Å². The Bertz CT molecular complexity index is 693. The molecule has 0 aromatic carbocycles. The summed E-state index contributed by atoms with van der Waals surface area (Å²) in [4.78, 5) is 4.61.